The lowest BCUT2D eigenvalue weighted by Gasteiger charge is -2.31. The van der Waals surface area contributed by atoms with E-state index < -0.39 is 0 Å². The molecule has 30 heavy (non-hydrogen) atoms. The van der Waals surface area contributed by atoms with Crippen molar-refractivity contribution < 1.29 is 14.4 Å². The van der Waals surface area contributed by atoms with Crippen molar-refractivity contribution in [1.82, 2.24) is 15.1 Å². The third kappa shape index (κ3) is 8.09. The maximum atomic E-state index is 12.5. The fraction of sp³-hybridized carbons (Fsp3) is 0.696. The van der Waals surface area contributed by atoms with Gasteiger partial charge in [-0.1, -0.05) is 19.9 Å². The topological polar surface area (TPSA) is 69.7 Å². The highest BCUT2D eigenvalue weighted by Crippen LogP contribution is 2.19. The largest absolute Gasteiger partial charge is 0.355 e. The highest BCUT2D eigenvalue weighted by atomic mass is 32.1. The van der Waals surface area contributed by atoms with Crippen LogP contribution >= 0.6 is 11.3 Å². The summed E-state index contributed by atoms with van der Waals surface area (Å²) < 4.78 is 0. The van der Waals surface area contributed by atoms with E-state index >= 15 is 0 Å². The van der Waals surface area contributed by atoms with Gasteiger partial charge < -0.3 is 15.1 Å². The predicted molar refractivity (Wildman–Crippen MR) is 121 cm³/mol. The minimum absolute atomic E-state index is 0.00407. The fourth-order valence-electron chi connectivity index (χ4n) is 3.91. The van der Waals surface area contributed by atoms with Gasteiger partial charge in [0.05, 0.1) is 0 Å². The predicted octanol–water partition coefficient (Wildman–Crippen LogP) is 3.46. The van der Waals surface area contributed by atoms with Crippen molar-refractivity contribution in [2.24, 2.45) is 5.92 Å². The van der Waals surface area contributed by atoms with Gasteiger partial charge in [0.25, 0.3) is 0 Å². The van der Waals surface area contributed by atoms with Crippen LogP contribution in [0.5, 0.6) is 0 Å². The molecule has 2 rings (SSSR count). The SMILES string of the molecule is CCCN(CCC)C(=O)CCCC(=O)N1CCC(C(=O)NCCc2cccs2)CC1. The molecule has 0 aliphatic carbocycles. The van der Waals surface area contributed by atoms with Crippen molar-refractivity contribution in [1.29, 1.82) is 0 Å². The first-order valence-electron chi connectivity index (χ1n) is 11.4. The molecule has 0 atom stereocenters. The van der Waals surface area contributed by atoms with Crippen LogP contribution in [0.1, 0.15) is 63.7 Å². The molecule has 1 aromatic heterocycles. The summed E-state index contributed by atoms with van der Waals surface area (Å²) in [4.78, 5) is 42.2. The van der Waals surface area contributed by atoms with E-state index in [0.717, 1.165) is 45.2 Å². The monoisotopic (exact) mass is 435 g/mol. The molecule has 0 bridgehead atoms. The van der Waals surface area contributed by atoms with Gasteiger partial charge in [0.15, 0.2) is 0 Å². The number of carbonyl (C=O) groups is 3. The van der Waals surface area contributed by atoms with E-state index in [1.807, 2.05) is 21.2 Å². The average Bonchev–Trinajstić information content (AvgIpc) is 3.27. The number of amides is 3. The molecule has 0 unspecified atom stereocenters. The van der Waals surface area contributed by atoms with E-state index in [2.05, 4.69) is 25.2 Å². The van der Waals surface area contributed by atoms with Gasteiger partial charge in [-0.05, 0) is 50.0 Å². The van der Waals surface area contributed by atoms with Gasteiger partial charge in [-0.25, -0.2) is 0 Å². The van der Waals surface area contributed by atoms with Crippen LogP contribution in [0.15, 0.2) is 17.5 Å². The lowest BCUT2D eigenvalue weighted by atomic mass is 9.95. The van der Waals surface area contributed by atoms with Crippen LogP contribution in [0.25, 0.3) is 0 Å². The van der Waals surface area contributed by atoms with Crippen molar-refractivity contribution in [3.8, 4) is 0 Å². The summed E-state index contributed by atoms with van der Waals surface area (Å²) in [5.41, 5.74) is 0. The van der Waals surface area contributed by atoms with Crippen molar-refractivity contribution >= 4 is 29.1 Å². The van der Waals surface area contributed by atoms with E-state index in [9.17, 15) is 14.4 Å². The first-order valence-corrected chi connectivity index (χ1v) is 12.3. The third-order valence-corrected chi connectivity index (χ3v) is 6.53. The molecule has 6 nitrogen and oxygen atoms in total. The molecule has 1 saturated heterocycles. The minimum atomic E-state index is -0.00407. The van der Waals surface area contributed by atoms with Crippen LogP contribution in [0, 0.1) is 5.92 Å². The first-order chi connectivity index (χ1) is 14.5. The summed E-state index contributed by atoms with van der Waals surface area (Å²) in [5.74, 6) is 0.369. The Labute approximate surface area is 185 Å². The maximum absolute atomic E-state index is 12.5. The molecular weight excluding hydrogens is 398 g/mol. The Morgan fingerprint density at radius 1 is 1.13 bits per heavy atom. The Bertz CT molecular complexity index is 649. The van der Waals surface area contributed by atoms with E-state index in [1.165, 1.54) is 4.88 Å². The summed E-state index contributed by atoms with van der Waals surface area (Å²) in [6.45, 7) is 7.67. The Kier molecular flexibility index (Phi) is 10.9. The zero-order chi connectivity index (χ0) is 21.8. The number of hydrogen-bond donors (Lipinski definition) is 1. The highest BCUT2D eigenvalue weighted by molar-refractivity contribution is 7.09. The van der Waals surface area contributed by atoms with Crippen LogP contribution in [0.4, 0.5) is 0 Å². The summed E-state index contributed by atoms with van der Waals surface area (Å²) in [6.07, 6.45) is 5.68. The van der Waals surface area contributed by atoms with Crippen molar-refractivity contribution in [3.05, 3.63) is 22.4 Å². The molecule has 3 amide bonds. The molecular formula is C23H37N3O3S. The first kappa shape index (κ1) is 24.4. The molecule has 0 aromatic carbocycles. The second kappa shape index (κ2) is 13.4. The van der Waals surface area contributed by atoms with Crippen LogP contribution in [-0.4, -0.2) is 60.2 Å². The zero-order valence-corrected chi connectivity index (χ0v) is 19.3. The smallest absolute Gasteiger partial charge is 0.223 e. The number of rotatable bonds is 12. The number of nitrogens with zero attached hydrogens (tertiary/aromatic N) is 2. The molecule has 1 aliphatic heterocycles. The highest BCUT2D eigenvalue weighted by Gasteiger charge is 2.27. The molecule has 1 N–H and O–H groups in total. The Morgan fingerprint density at radius 3 is 2.43 bits per heavy atom. The molecule has 1 aliphatic rings. The summed E-state index contributed by atoms with van der Waals surface area (Å²) >= 11 is 1.71. The van der Waals surface area contributed by atoms with Crippen molar-refractivity contribution in [3.63, 3.8) is 0 Å². The van der Waals surface area contributed by atoms with Gasteiger partial charge in [-0.2, -0.15) is 0 Å². The average molecular weight is 436 g/mol. The van der Waals surface area contributed by atoms with Crippen LogP contribution in [0.2, 0.25) is 0 Å². The normalized spacial score (nSPS) is 14.5. The second-order valence-electron chi connectivity index (χ2n) is 8.01. The number of hydrogen-bond acceptors (Lipinski definition) is 4. The molecule has 0 radical (unpaired) electrons. The van der Waals surface area contributed by atoms with Gasteiger partial charge in [-0.15, -0.1) is 11.3 Å². The lowest BCUT2D eigenvalue weighted by molar-refractivity contribution is -0.136. The van der Waals surface area contributed by atoms with Gasteiger partial charge in [0, 0.05) is 56.4 Å². The molecule has 1 aromatic rings. The summed E-state index contributed by atoms with van der Waals surface area (Å²) in [7, 11) is 0. The minimum Gasteiger partial charge on any atom is -0.355 e. The molecule has 168 valence electrons. The number of carbonyl (C=O) groups excluding carboxylic acids is 3. The van der Waals surface area contributed by atoms with Crippen LogP contribution in [0.3, 0.4) is 0 Å². The molecule has 0 saturated carbocycles. The van der Waals surface area contributed by atoms with Gasteiger partial charge in [-0.3, -0.25) is 14.4 Å². The second-order valence-corrected chi connectivity index (χ2v) is 9.04. The Morgan fingerprint density at radius 2 is 1.83 bits per heavy atom. The van der Waals surface area contributed by atoms with E-state index in [4.69, 9.17) is 0 Å². The summed E-state index contributed by atoms with van der Waals surface area (Å²) in [6, 6.07) is 4.11. The van der Waals surface area contributed by atoms with E-state index in [1.54, 1.807) is 11.3 Å². The van der Waals surface area contributed by atoms with E-state index in [-0.39, 0.29) is 23.6 Å². The molecule has 0 spiro atoms. The third-order valence-electron chi connectivity index (χ3n) is 5.59. The number of thiophene rings is 1. The summed E-state index contributed by atoms with van der Waals surface area (Å²) in [5, 5.41) is 5.08. The lowest BCUT2D eigenvalue weighted by Crippen LogP contribution is -2.43. The van der Waals surface area contributed by atoms with Gasteiger partial charge >= 0.3 is 0 Å². The van der Waals surface area contributed by atoms with E-state index in [0.29, 0.717) is 38.9 Å². The number of likely N-dealkylation sites (tertiary alicyclic amines) is 1. The zero-order valence-electron chi connectivity index (χ0n) is 18.5. The Balaban J connectivity index is 1.62. The van der Waals surface area contributed by atoms with Crippen molar-refractivity contribution in [2.75, 3.05) is 32.7 Å². The van der Waals surface area contributed by atoms with Crippen LogP contribution < -0.4 is 5.32 Å². The molecule has 7 heteroatoms. The van der Waals surface area contributed by atoms with Crippen molar-refractivity contribution in [2.45, 2.75) is 65.2 Å². The van der Waals surface area contributed by atoms with Crippen LogP contribution in [-0.2, 0) is 20.8 Å². The number of nitrogens with one attached hydrogen (secondary N) is 1. The quantitative estimate of drug-likeness (QED) is 0.547. The fourth-order valence-corrected chi connectivity index (χ4v) is 4.62. The van der Waals surface area contributed by atoms with Gasteiger partial charge in [0.2, 0.25) is 17.7 Å². The molecule has 2 heterocycles. The molecule has 1 fully saturated rings. The maximum Gasteiger partial charge on any atom is 0.223 e. The van der Waals surface area contributed by atoms with Gasteiger partial charge in [0.1, 0.15) is 0 Å². The Hall–Kier alpha value is -1.89. The number of piperidine rings is 1. The standard InChI is InChI=1S/C23H37N3O3S/c1-3-14-25(15-4-2)21(27)8-5-9-22(28)26-16-11-19(12-17-26)23(29)24-13-10-20-7-6-18-30-20/h6-7,18-19H,3-5,8-17H2,1-2H3,(H,24,29).